The third-order valence-electron chi connectivity index (χ3n) is 1.85. The van der Waals surface area contributed by atoms with Gasteiger partial charge in [0.25, 0.3) is 0 Å². The Morgan fingerprint density at radius 1 is 1.36 bits per heavy atom. The summed E-state index contributed by atoms with van der Waals surface area (Å²) in [6.45, 7) is 4.43. The molecular formula is C8H12O3. The van der Waals surface area contributed by atoms with Crippen LogP contribution in [0.25, 0.3) is 0 Å². The summed E-state index contributed by atoms with van der Waals surface area (Å²) in [6, 6.07) is 0. The Morgan fingerprint density at radius 2 is 2.18 bits per heavy atom. The molecule has 0 aromatic carbocycles. The molecule has 11 heavy (non-hydrogen) atoms. The van der Waals surface area contributed by atoms with E-state index in [9.17, 15) is 0 Å². The lowest BCUT2D eigenvalue weighted by Crippen LogP contribution is -2.28. The lowest BCUT2D eigenvalue weighted by atomic mass is 10.2. The highest BCUT2D eigenvalue weighted by atomic mass is 16.8. The van der Waals surface area contributed by atoms with Crippen LogP contribution in [0.1, 0.15) is 13.8 Å². The molecule has 0 N–H and O–H groups in total. The molecule has 0 saturated carbocycles. The fourth-order valence-corrected chi connectivity index (χ4v) is 1.44. The Kier molecular flexibility index (Phi) is 1.44. The molecule has 3 heteroatoms. The van der Waals surface area contributed by atoms with Gasteiger partial charge in [-0.15, -0.1) is 0 Å². The first kappa shape index (κ1) is 7.13. The number of ether oxygens (including phenoxy) is 3. The fraction of sp³-hybridized carbons (Fsp3) is 0.750. The lowest BCUT2D eigenvalue weighted by molar-refractivity contribution is -0.145. The van der Waals surface area contributed by atoms with Crippen molar-refractivity contribution in [3.63, 3.8) is 0 Å². The van der Waals surface area contributed by atoms with E-state index in [0.717, 1.165) is 0 Å². The van der Waals surface area contributed by atoms with Crippen molar-refractivity contribution in [1.82, 2.24) is 0 Å². The van der Waals surface area contributed by atoms with Gasteiger partial charge in [-0.05, 0) is 19.9 Å². The number of fused-ring (bicyclic) bond motifs is 1. The molecule has 2 aliphatic heterocycles. The van der Waals surface area contributed by atoms with Gasteiger partial charge in [0, 0.05) is 0 Å². The maximum absolute atomic E-state index is 5.56. The molecule has 1 saturated heterocycles. The van der Waals surface area contributed by atoms with Gasteiger partial charge in [-0.25, -0.2) is 0 Å². The van der Waals surface area contributed by atoms with Crippen LogP contribution in [-0.2, 0) is 14.2 Å². The molecule has 0 radical (unpaired) electrons. The van der Waals surface area contributed by atoms with Crippen LogP contribution >= 0.6 is 0 Å². The monoisotopic (exact) mass is 156 g/mol. The quantitative estimate of drug-likeness (QED) is 0.524. The average Bonchev–Trinajstić information content (AvgIpc) is 2.21. The molecule has 0 aliphatic carbocycles. The van der Waals surface area contributed by atoms with Crippen molar-refractivity contribution in [2.45, 2.75) is 31.8 Å². The van der Waals surface area contributed by atoms with Crippen molar-refractivity contribution in [2.24, 2.45) is 0 Å². The molecule has 1 fully saturated rings. The minimum absolute atomic E-state index is 0.0787. The maximum atomic E-state index is 5.56. The van der Waals surface area contributed by atoms with Gasteiger partial charge in [0.15, 0.2) is 5.79 Å². The van der Waals surface area contributed by atoms with Crippen molar-refractivity contribution in [1.29, 1.82) is 0 Å². The minimum atomic E-state index is -0.451. The summed E-state index contributed by atoms with van der Waals surface area (Å²) in [4.78, 5) is 0. The molecule has 2 rings (SSSR count). The first-order valence-corrected chi connectivity index (χ1v) is 3.81. The van der Waals surface area contributed by atoms with Crippen LogP contribution in [0.4, 0.5) is 0 Å². The van der Waals surface area contributed by atoms with Gasteiger partial charge in [-0.1, -0.05) is 0 Å². The van der Waals surface area contributed by atoms with Crippen molar-refractivity contribution in [3.8, 4) is 0 Å². The Balaban J connectivity index is 2.12. The largest absolute Gasteiger partial charge is 0.499 e. The molecule has 0 unspecified atom stereocenters. The van der Waals surface area contributed by atoms with Crippen molar-refractivity contribution in [2.75, 3.05) is 6.61 Å². The predicted molar refractivity (Wildman–Crippen MR) is 38.9 cm³/mol. The van der Waals surface area contributed by atoms with Gasteiger partial charge in [0.2, 0.25) is 0 Å². The Bertz CT molecular complexity index is 186. The molecule has 0 spiro atoms. The van der Waals surface area contributed by atoms with Crippen LogP contribution < -0.4 is 0 Å². The predicted octanol–water partition coefficient (Wildman–Crippen LogP) is 1.05. The van der Waals surface area contributed by atoms with Crippen LogP contribution in [0.15, 0.2) is 12.3 Å². The zero-order valence-corrected chi connectivity index (χ0v) is 6.74. The zero-order valence-electron chi connectivity index (χ0n) is 6.74. The molecule has 62 valence electrons. The van der Waals surface area contributed by atoms with E-state index in [0.29, 0.717) is 6.61 Å². The summed E-state index contributed by atoms with van der Waals surface area (Å²) in [5.74, 6) is -0.451. The van der Waals surface area contributed by atoms with Gasteiger partial charge in [-0.2, -0.15) is 0 Å². The van der Waals surface area contributed by atoms with Gasteiger partial charge >= 0.3 is 0 Å². The maximum Gasteiger partial charge on any atom is 0.164 e. The second-order valence-corrected chi connectivity index (χ2v) is 3.30. The van der Waals surface area contributed by atoms with E-state index < -0.39 is 5.79 Å². The van der Waals surface area contributed by atoms with E-state index in [1.54, 1.807) is 6.26 Å². The minimum Gasteiger partial charge on any atom is -0.499 e. The molecule has 3 nitrogen and oxygen atoms in total. The van der Waals surface area contributed by atoms with Crippen molar-refractivity contribution in [3.05, 3.63) is 12.3 Å². The van der Waals surface area contributed by atoms with Gasteiger partial charge in [-0.3, -0.25) is 0 Å². The summed E-state index contributed by atoms with van der Waals surface area (Å²) in [7, 11) is 0. The number of hydrogen-bond donors (Lipinski definition) is 0. The molecule has 2 heterocycles. The Labute approximate surface area is 65.9 Å². The Morgan fingerprint density at radius 3 is 2.91 bits per heavy atom. The summed E-state index contributed by atoms with van der Waals surface area (Å²) in [5.41, 5.74) is 0. The fourth-order valence-electron chi connectivity index (χ4n) is 1.44. The highest BCUT2D eigenvalue weighted by Crippen LogP contribution is 2.30. The highest BCUT2D eigenvalue weighted by molar-refractivity contribution is 4.98. The van der Waals surface area contributed by atoms with Crippen molar-refractivity contribution >= 4 is 0 Å². The summed E-state index contributed by atoms with van der Waals surface area (Å²) >= 11 is 0. The van der Waals surface area contributed by atoms with Crippen LogP contribution in [0, 0.1) is 0 Å². The molecular weight excluding hydrogens is 144 g/mol. The first-order chi connectivity index (χ1) is 5.17. The smallest absolute Gasteiger partial charge is 0.164 e. The summed E-state index contributed by atoms with van der Waals surface area (Å²) in [6.07, 6.45) is 3.73. The van der Waals surface area contributed by atoms with Gasteiger partial charge in [0.1, 0.15) is 18.8 Å². The van der Waals surface area contributed by atoms with Crippen LogP contribution in [0.3, 0.4) is 0 Å². The zero-order chi connectivity index (χ0) is 7.90. The summed E-state index contributed by atoms with van der Waals surface area (Å²) in [5, 5.41) is 0. The van der Waals surface area contributed by atoms with Gasteiger partial charge in [0.05, 0.1) is 6.26 Å². The second-order valence-electron chi connectivity index (χ2n) is 3.30. The third kappa shape index (κ3) is 1.26. The third-order valence-corrected chi connectivity index (χ3v) is 1.85. The van der Waals surface area contributed by atoms with E-state index >= 15 is 0 Å². The SMILES string of the molecule is CC1(C)O[C@H]2C=COC[C@H]2O1. The molecule has 0 amide bonds. The second kappa shape index (κ2) is 2.22. The van der Waals surface area contributed by atoms with E-state index in [2.05, 4.69) is 0 Å². The standard InChI is InChI=1S/C8H12O3/c1-8(2)10-6-3-4-9-5-7(6)11-8/h3-4,6-7H,5H2,1-2H3/t6-,7+/m0/s1. The molecule has 0 aromatic heterocycles. The van der Waals surface area contributed by atoms with Crippen LogP contribution in [0.5, 0.6) is 0 Å². The highest BCUT2D eigenvalue weighted by Gasteiger charge is 2.41. The van der Waals surface area contributed by atoms with E-state index in [1.807, 2.05) is 19.9 Å². The average molecular weight is 156 g/mol. The first-order valence-electron chi connectivity index (χ1n) is 3.81. The summed E-state index contributed by atoms with van der Waals surface area (Å²) < 4.78 is 16.2. The van der Waals surface area contributed by atoms with E-state index in [-0.39, 0.29) is 12.2 Å². The van der Waals surface area contributed by atoms with Crippen molar-refractivity contribution < 1.29 is 14.2 Å². The molecule has 2 aliphatic rings. The van der Waals surface area contributed by atoms with Crippen LogP contribution in [-0.4, -0.2) is 24.6 Å². The Hall–Kier alpha value is -0.540. The normalized spacial score (nSPS) is 39.8. The molecule has 0 bridgehead atoms. The van der Waals surface area contributed by atoms with E-state index in [4.69, 9.17) is 14.2 Å². The number of hydrogen-bond acceptors (Lipinski definition) is 3. The molecule has 2 atom stereocenters. The molecule has 0 aromatic rings. The lowest BCUT2D eigenvalue weighted by Gasteiger charge is -2.17. The van der Waals surface area contributed by atoms with Gasteiger partial charge < -0.3 is 14.2 Å². The number of rotatable bonds is 0. The topological polar surface area (TPSA) is 27.7 Å². The van der Waals surface area contributed by atoms with Crippen LogP contribution in [0.2, 0.25) is 0 Å². The van der Waals surface area contributed by atoms with E-state index in [1.165, 1.54) is 0 Å².